The van der Waals surface area contributed by atoms with E-state index in [-0.39, 0.29) is 17.7 Å². The van der Waals surface area contributed by atoms with Crippen LogP contribution in [0.25, 0.3) is 27.7 Å². The zero-order chi connectivity index (χ0) is 28.2. The van der Waals surface area contributed by atoms with Crippen LogP contribution in [0.15, 0.2) is 80.0 Å². The smallest absolute Gasteiger partial charge is 0.255 e. The van der Waals surface area contributed by atoms with E-state index >= 15 is 0 Å². The molecule has 9 heteroatoms. The van der Waals surface area contributed by atoms with Gasteiger partial charge in [0.2, 0.25) is 5.91 Å². The number of likely N-dealkylation sites (tertiary alicyclic amines) is 1. The molecule has 9 nitrogen and oxygen atoms in total. The van der Waals surface area contributed by atoms with Gasteiger partial charge in [-0.1, -0.05) is 43.5 Å². The van der Waals surface area contributed by atoms with Crippen molar-refractivity contribution in [2.45, 2.75) is 19.4 Å². The highest BCUT2D eigenvalue weighted by Crippen LogP contribution is 2.36. The fraction of sp³-hybridized carbons (Fsp3) is 0.194. The van der Waals surface area contributed by atoms with Crippen molar-refractivity contribution in [2.24, 2.45) is 5.92 Å². The number of pyridine rings is 1. The number of carbonyl (C=O) groups excluding carboxylic acids is 2. The Kier molecular flexibility index (Phi) is 7.54. The van der Waals surface area contributed by atoms with Crippen molar-refractivity contribution in [2.75, 3.05) is 24.1 Å². The zero-order valence-corrected chi connectivity index (χ0v) is 22.1. The van der Waals surface area contributed by atoms with Crippen LogP contribution in [0.2, 0.25) is 0 Å². The maximum atomic E-state index is 12.8. The number of benzene rings is 2. The molecule has 1 aliphatic heterocycles. The molecule has 0 spiro atoms. The topological polar surface area (TPSA) is 130 Å². The molecular formula is C31H31N7O2. The van der Waals surface area contributed by atoms with E-state index in [0.717, 1.165) is 29.6 Å². The summed E-state index contributed by atoms with van der Waals surface area (Å²) in [4.78, 5) is 31.3. The first-order valence-corrected chi connectivity index (χ1v) is 13.1. The molecule has 40 heavy (non-hydrogen) atoms. The highest BCUT2D eigenvalue weighted by molar-refractivity contribution is 6.15. The fourth-order valence-electron chi connectivity index (χ4n) is 5.18. The van der Waals surface area contributed by atoms with E-state index in [0.29, 0.717) is 53.2 Å². The van der Waals surface area contributed by atoms with E-state index < -0.39 is 0 Å². The van der Waals surface area contributed by atoms with Crippen LogP contribution in [-0.4, -0.2) is 50.8 Å². The third-order valence-corrected chi connectivity index (χ3v) is 7.21. The number of allylic oxidation sites excluding steroid dienone is 1. The number of hydrogen-bond donors (Lipinski definition) is 3. The molecule has 0 aliphatic carbocycles. The lowest BCUT2D eigenvalue weighted by molar-refractivity contribution is -0.127. The molecule has 202 valence electrons. The Bertz CT molecular complexity index is 1610. The van der Waals surface area contributed by atoms with Crippen molar-refractivity contribution in [3.8, 4) is 11.3 Å². The molecule has 1 saturated heterocycles. The van der Waals surface area contributed by atoms with E-state index in [2.05, 4.69) is 23.5 Å². The summed E-state index contributed by atoms with van der Waals surface area (Å²) in [5.74, 6) is 0.206. The van der Waals surface area contributed by atoms with Crippen molar-refractivity contribution in [1.29, 1.82) is 5.41 Å². The number of rotatable bonds is 8. The number of nitrogens with two attached hydrogens (primary N) is 1. The molecule has 4 N–H and O–H groups in total. The number of piperidine rings is 1. The largest absolute Gasteiger partial charge is 0.383 e. The van der Waals surface area contributed by atoms with Crippen molar-refractivity contribution in [1.82, 2.24) is 19.7 Å². The molecule has 2 aromatic carbocycles. The van der Waals surface area contributed by atoms with Gasteiger partial charge in [-0.05, 0) is 54.7 Å². The first-order valence-electron chi connectivity index (χ1n) is 13.1. The molecule has 0 bridgehead atoms. The maximum absolute atomic E-state index is 12.8. The van der Waals surface area contributed by atoms with Crippen LogP contribution in [-0.2, 0) is 11.3 Å². The second kappa shape index (κ2) is 11.4. The second-order valence-electron chi connectivity index (χ2n) is 9.88. The van der Waals surface area contributed by atoms with Crippen LogP contribution in [0.5, 0.6) is 0 Å². The number of carbonyl (C=O) groups is 2. The van der Waals surface area contributed by atoms with Crippen LogP contribution in [0.4, 0.5) is 11.5 Å². The quantitative estimate of drug-likeness (QED) is 0.216. The molecule has 0 saturated carbocycles. The van der Waals surface area contributed by atoms with Crippen LogP contribution < -0.4 is 11.1 Å². The number of para-hydroxylation sites is 1. The van der Waals surface area contributed by atoms with E-state index in [4.69, 9.17) is 16.2 Å². The van der Waals surface area contributed by atoms with Gasteiger partial charge in [-0.3, -0.25) is 14.3 Å². The summed E-state index contributed by atoms with van der Waals surface area (Å²) in [6, 6.07) is 16.5. The summed E-state index contributed by atoms with van der Waals surface area (Å²) in [6.07, 6.45) is 6.01. The van der Waals surface area contributed by atoms with Gasteiger partial charge in [-0.15, -0.1) is 0 Å². The Morgan fingerprint density at radius 3 is 2.60 bits per heavy atom. The average molecular weight is 534 g/mol. The summed E-state index contributed by atoms with van der Waals surface area (Å²) in [6.45, 7) is 9.53. The molecule has 3 heterocycles. The number of aromatic nitrogens is 3. The first kappa shape index (κ1) is 26.6. The Balaban J connectivity index is 1.52. The molecule has 0 radical (unpaired) electrons. The molecule has 1 aliphatic rings. The lowest BCUT2D eigenvalue weighted by atomic mass is 9.97. The average Bonchev–Trinajstić information content (AvgIpc) is 3.37. The van der Waals surface area contributed by atoms with Crippen molar-refractivity contribution >= 4 is 46.0 Å². The fourth-order valence-corrected chi connectivity index (χ4v) is 5.18. The molecular weight excluding hydrogens is 502 g/mol. The third kappa shape index (κ3) is 5.26. The Morgan fingerprint density at radius 2 is 1.90 bits per heavy atom. The van der Waals surface area contributed by atoms with E-state index in [1.807, 2.05) is 52.0 Å². The predicted molar refractivity (Wildman–Crippen MR) is 159 cm³/mol. The highest BCUT2D eigenvalue weighted by Gasteiger charge is 2.26. The number of amides is 2. The van der Waals surface area contributed by atoms with Crippen molar-refractivity contribution in [3.63, 3.8) is 0 Å². The van der Waals surface area contributed by atoms with Crippen LogP contribution in [0, 0.1) is 11.3 Å². The van der Waals surface area contributed by atoms with E-state index in [9.17, 15) is 9.59 Å². The number of fused-ring (bicyclic) bond motifs is 1. The summed E-state index contributed by atoms with van der Waals surface area (Å²) in [5, 5.41) is 16.3. The SMILES string of the molecule is C=CC(=O)N1CCC[C@@H](Cn2nc(-c3ccc(C(=O)Nc4ccccc4)cc3)c3c(N)ncc(C(=C)C=N)c32)C1. The number of nitrogen functional groups attached to an aromatic ring is 1. The van der Waals surface area contributed by atoms with Gasteiger partial charge in [0.25, 0.3) is 5.91 Å². The number of anilines is 2. The molecule has 1 fully saturated rings. The molecule has 1 atom stereocenters. The standard InChI is InChI=1S/C31H31N7O2/c1-3-26(39)37-15-7-8-21(18-37)19-38-29-25(20(2)16-32)17-34-30(33)27(29)28(36-38)22-11-13-23(14-12-22)31(40)35-24-9-5-4-6-10-24/h3-6,9-14,16-17,21,32H,1-2,7-8,15,18-19H2,(H2,33,34)(H,35,40)/t21-/m1/s1. The highest BCUT2D eigenvalue weighted by atomic mass is 16.2. The van der Waals surface area contributed by atoms with Crippen molar-refractivity contribution in [3.05, 3.63) is 91.2 Å². The lowest BCUT2D eigenvalue weighted by Crippen LogP contribution is -2.40. The minimum Gasteiger partial charge on any atom is -0.383 e. The summed E-state index contributed by atoms with van der Waals surface area (Å²) < 4.78 is 1.90. The molecule has 4 aromatic rings. The molecule has 0 unspecified atom stereocenters. The van der Waals surface area contributed by atoms with Gasteiger partial charge in [0.15, 0.2) is 0 Å². The van der Waals surface area contributed by atoms with Gasteiger partial charge in [0.05, 0.1) is 10.9 Å². The van der Waals surface area contributed by atoms with Crippen molar-refractivity contribution < 1.29 is 9.59 Å². The first-order chi connectivity index (χ1) is 19.4. The monoisotopic (exact) mass is 533 g/mol. The van der Waals surface area contributed by atoms with E-state index in [1.165, 1.54) is 12.3 Å². The van der Waals surface area contributed by atoms with Crippen LogP contribution in [0.1, 0.15) is 28.8 Å². The van der Waals surface area contributed by atoms with Crippen LogP contribution in [0.3, 0.4) is 0 Å². The lowest BCUT2D eigenvalue weighted by Gasteiger charge is -2.32. The van der Waals surface area contributed by atoms with Gasteiger partial charge in [-0.25, -0.2) is 4.98 Å². The Hall–Kier alpha value is -5.05. The number of nitrogens with one attached hydrogen (secondary N) is 2. The van der Waals surface area contributed by atoms with Gasteiger partial charge >= 0.3 is 0 Å². The van der Waals surface area contributed by atoms with Gasteiger partial charge in [0.1, 0.15) is 11.5 Å². The van der Waals surface area contributed by atoms with Gasteiger partial charge in [0, 0.05) is 54.4 Å². The van der Waals surface area contributed by atoms with Crippen LogP contribution >= 0.6 is 0 Å². The predicted octanol–water partition coefficient (Wildman–Crippen LogP) is 5.02. The van der Waals surface area contributed by atoms with E-state index in [1.54, 1.807) is 18.3 Å². The molecule has 5 rings (SSSR count). The zero-order valence-electron chi connectivity index (χ0n) is 22.1. The third-order valence-electron chi connectivity index (χ3n) is 7.21. The maximum Gasteiger partial charge on any atom is 0.255 e. The number of nitrogens with zero attached hydrogens (tertiary/aromatic N) is 4. The van der Waals surface area contributed by atoms with Gasteiger partial charge in [-0.2, -0.15) is 5.10 Å². The molecule has 2 amide bonds. The minimum absolute atomic E-state index is 0.0709. The Labute approximate surface area is 232 Å². The van der Waals surface area contributed by atoms with Gasteiger partial charge < -0.3 is 21.4 Å². The minimum atomic E-state index is -0.213. The molecule has 2 aromatic heterocycles. The normalized spacial score (nSPS) is 15.0. The second-order valence-corrected chi connectivity index (χ2v) is 9.88. The number of hydrogen-bond acceptors (Lipinski definition) is 6. The summed E-state index contributed by atoms with van der Waals surface area (Å²) in [7, 11) is 0. The summed E-state index contributed by atoms with van der Waals surface area (Å²) in [5.41, 5.74) is 11.0. The summed E-state index contributed by atoms with van der Waals surface area (Å²) >= 11 is 0. The Morgan fingerprint density at radius 1 is 1.15 bits per heavy atom.